The fourth-order valence-corrected chi connectivity index (χ4v) is 2.22. The Morgan fingerprint density at radius 2 is 1.95 bits per heavy atom. The first-order chi connectivity index (χ1) is 10.3. The summed E-state index contributed by atoms with van der Waals surface area (Å²) in [6.45, 7) is 0. The lowest BCUT2D eigenvalue weighted by Gasteiger charge is -1.98. The molecular weight excluding hydrogens is 330 g/mol. The second-order valence-corrected chi connectivity index (χ2v) is 5.23. The molecule has 0 amide bonds. The van der Waals surface area contributed by atoms with Gasteiger partial charge in [-0.3, -0.25) is 10.4 Å². The van der Waals surface area contributed by atoms with Crippen molar-refractivity contribution in [2.75, 3.05) is 5.43 Å². The lowest BCUT2D eigenvalue weighted by Crippen LogP contribution is -1.89. The number of hydrogen-bond donors (Lipinski definition) is 1. The Labute approximate surface area is 130 Å². The highest BCUT2D eigenvalue weighted by Crippen LogP contribution is 2.24. The molecule has 1 aromatic carbocycles. The average Bonchev–Trinajstić information content (AvgIpc) is 2.97. The lowest BCUT2D eigenvalue weighted by atomic mass is 10.2. The Hall–Kier alpha value is -2.40. The average molecular weight is 342 g/mol. The highest BCUT2D eigenvalue weighted by molar-refractivity contribution is 9.10. The number of anilines is 1. The molecule has 2 aromatic heterocycles. The van der Waals surface area contributed by atoms with Gasteiger partial charge in [-0.2, -0.15) is 5.10 Å². The van der Waals surface area contributed by atoms with E-state index in [2.05, 4.69) is 31.4 Å². The van der Waals surface area contributed by atoms with Crippen LogP contribution in [0, 0.1) is 0 Å². The standard InChI is InChI=1S/C16H12BrN3O/c17-13-3-1-2-12(10-13)16-5-4-15(21-16)11-19-20-14-6-8-18-9-7-14/h1-11H,(H,18,20)/b19-11+. The second kappa shape index (κ2) is 6.37. The van der Waals surface area contributed by atoms with E-state index in [1.165, 1.54) is 0 Å². The third-order valence-electron chi connectivity index (χ3n) is 2.80. The molecule has 5 heteroatoms. The molecule has 0 saturated heterocycles. The zero-order chi connectivity index (χ0) is 14.5. The van der Waals surface area contributed by atoms with E-state index in [4.69, 9.17) is 4.42 Å². The third-order valence-corrected chi connectivity index (χ3v) is 3.29. The van der Waals surface area contributed by atoms with Crippen LogP contribution in [0.25, 0.3) is 11.3 Å². The van der Waals surface area contributed by atoms with Crippen LogP contribution in [0.3, 0.4) is 0 Å². The monoisotopic (exact) mass is 341 g/mol. The van der Waals surface area contributed by atoms with Crippen LogP contribution in [0.1, 0.15) is 5.76 Å². The summed E-state index contributed by atoms with van der Waals surface area (Å²) in [6.07, 6.45) is 5.05. The predicted octanol–water partition coefficient (Wildman–Crippen LogP) is 4.55. The van der Waals surface area contributed by atoms with Gasteiger partial charge in [0.2, 0.25) is 0 Å². The molecule has 104 valence electrons. The van der Waals surface area contributed by atoms with Crippen molar-refractivity contribution in [3.63, 3.8) is 0 Å². The van der Waals surface area contributed by atoms with Crippen LogP contribution in [-0.4, -0.2) is 11.2 Å². The van der Waals surface area contributed by atoms with Crippen LogP contribution < -0.4 is 5.43 Å². The molecular formula is C16H12BrN3O. The molecule has 0 atom stereocenters. The molecule has 0 aliphatic rings. The summed E-state index contributed by atoms with van der Waals surface area (Å²) in [5.74, 6) is 1.49. The minimum atomic E-state index is 0.687. The van der Waals surface area contributed by atoms with Gasteiger partial charge in [-0.25, -0.2) is 0 Å². The minimum Gasteiger partial charge on any atom is -0.455 e. The summed E-state index contributed by atoms with van der Waals surface area (Å²) >= 11 is 3.45. The van der Waals surface area contributed by atoms with Gasteiger partial charge in [0.1, 0.15) is 11.5 Å². The van der Waals surface area contributed by atoms with E-state index in [9.17, 15) is 0 Å². The summed E-state index contributed by atoms with van der Waals surface area (Å²) in [7, 11) is 0. The van der Waals surface area contributed by atoms with Crippen LogP contribution in [0.2, 0.25) is 0 Å². The van der Waals surface area contributed by atoms with Crippen LogP contribution in [0.5, 0.6) is 0 Å². The van der Waals surface area contributed by atoms with Crippen LogP contribution in [0.4, 0.5) is 5.69 Å². The number of rotatable bonds is 4. The Morgan fingerprint density at radius 1 is 1.10 bits per heavy atom. The molecule has 0 saturated carbocycles. The number of furan rings is 1. The number of hydrazone groups is 1. The van der Waals surface area contributed by atoms with Crippen molar-refractivity contribution in [2.24, 2.45) is 5.10 Å². The molecule has 3 aromatic rings. The highest BCUT2D eigenvalue weighted by atomic mass is 79.9. The normalized spacial score (nSPS) is 10.9. The number of nitrogens with zero attached hydrogens (tertiary/aromatic N) is 2. The highest BCUT2D eigenvalue weighted by Gasteiger charge is 2.03. The van der Waals surface area contributed by atoms with E-state index >= 15 is 0 Å². The molecule has 0 spiro atoms. The summed E-state index contributed by atoms with van der Waals surface area (Å²) in [6, 6.07) is 15.4. The van der Waals surface area contributed by atoms with E-state index < -0.39 is 0 Å². The van der Waals surface area contributed by atoms with Crippen molar-refractivity contribution < 1.29 is 4.42 Å². The van der Waals surface area contributed by atoms with Crippen LogP contribution >= 0.6 is 15.9 Å². The number of aromatic nitrogens is 1. The van der Waals surface area contributed by atoms with Crippen LogP contribution in [0.15, 0.2) is 74.9 Å². The Balaban J connectivity index is 1.71. The summed E-state index contributed by atoms with van der Waals surface area (Å²) in [5, 5.41) is 4.13. The van der Waals surface area contributed by atoms with Gasteiger partial charge < -0.3 is 4.42 Å². The van der Waals surface area contributed by atoms with Gasteiger partial charge in [-0.15, -0.1) is 0 Å². The number of benzene rings is 1. The first-order valence-electron chi connectivity index (χ1n) is 6.36. The van der Waals surface area contributed by atoms with Gasteiger partial charge in [0, 0.05) is 22.4 Å². The van der Waals surface area contributed by atoms with Crippen molar-refractivity contribution in [3.8, 4) is 11.3 Å². The van der Waals surface area contributed by atoms with E-state index in [0.717, 1.165) is 21.5 Å². The number of pyridine rings is 1. The van der Waals surface area contributed by atoms with Crippen molar-refractivity contribution in [1.82, 2.24) is 4.98 Å². The lowest BCUT2D eigenvalue weighted by molar-refractivity contribution is 0.575. The Kier molecular flexibility index (Phi) is 4.12. The molecule has 0 radical (unpaired) electrons. The topological polar surface area (TPSA) is 50.4 Å². The van der Waals surface area contributed by atoms with Crippen molar-refractivity contribution in [3.05, 3.63) is 71.2 Å². The van der Waals surface area contributed by atoms with Gasteiger partial charge in [0.15, 0.2) is 0 Å². The summed E-state index contributed by atoms with van der Waals surface area (Å²) in [5.41, 5.74) is 4.81. The van der Waals surface area contributed by atoms with Gasteiger partial charge in [-0.1, -0.05) is 28.1 Å². The van der Waals surface area contributed by atoms with Gasteiger partial charge >= 0.3 is 0 Å². The van der Waals surface area contributed by atoms with Crippen molar-refractivity contribution in [2.45, 2.75) is 0 Å². The minimum absolute atomic E-state index is 0.687. The van der Waals surface area contributed by atoms with Gasteiger partial charge in [-0.05, 0) is 36.4 Å². The second-order valence-electron chi connectivity index (χ2n) is 4.32. The zero-order valence-corrected chi connectivity index (χ0v) is 12.6. The first kappa shape index (κ1) is 13.6. The van der Waals surface area contributed by atoms with E-state index in [1.807, 2.05) is 48.5 Å². The van der Waals surface area contributed by atoms with Crippen molar-refractivity contribution in [1.29, 1.82) is 0 Å². The smallest absolute Gasteiger partial charge is 0.147 e. The molecule has 0 fully saturated rings. The molecule has 21 heavy (non-hydrogen) atoms. The largest absolute Gasteiger partial charge is 0.455 e. The zero-order valence-electron chi connectivity index (χ0n) is 11.0. The molecule has 0 bridgehead atoms. The van der Waals surface area contributed by atoms with E-state index in [-0.39, 0.29) is 0 Å². The Bertz CT molecular complexity index is 753. The summed E-state index contributed by atoms with van der Waals surface area (Å²) in [4.78, 5) is 3.94. The van der Waals surface area contributed by atoms with Gasteiger partial charge in [0.05, 0.1) is 11.9 Å². The molecule has 1 N–H and O–H groups in total. The summed E-state index contributed by atoms with van der Waals surface area (Å²) < 4.78 is 6.76. The predicted molar refractivity (Wildman–Crippen MR) is 87.3 cm³/mol. The first-order valence-corrected chi connectivity index (χ1v) is 7.15. The Morgan fingerprint density at radius 3 is 2.76 bits per heavy atom. The molecule has 0 aliphatic carbocycles. The molecule has 2 heterocycles. The van der Waals surface area contributed by atoms with Crippen molar-refractivity contribution >= 4 is 27.8 Å². The van der Waals surface area contributed by atoms with E-state index in [0.29, 0.717) is 5.76 Å². The number of halogens is 1. The SMILES string of the molecule is Brc1cccc(-c2ccc(/C=N/Nc3ccncc3)o2)c1. The maximum absolute atomic E-state index is 5.74. The molecule has 4 nitrogen and oxygen atoms in total. The maximum atomic E-state index is 5.74. The quantitative estimate of drug-likeness (QED) is 0.559. The maximum Gasteiger partial charge on any atom is 0.147 e. The molecule has 0 unspecified atom stereocenters. The number of nitrogens with one attached hydrogen (secondary N) is 1. The van der Waals surface area contributed by atoms with Gasteiger partial charge in [0.25, 0.3) is 0 Å². The third kappa shape index (κ3) is 3.58. The molecule has 0 aliphatic heterocycles. The number of hydrogen-bond acceptors (Lipinski definition) is 4. The fourth-order valence-electron chi connectivity index (χ4n) is 1.82. The molecule has 3 rings (SSSR count). The van der Waals surface area contributed by atoms with E-state index in [1.54, 1.807) is 18.6 Å². The van der Waals surface area contributed by atoms with Crippen LogP contribution in [-0.2, 0) is 0 Å². The fraction of sp³-hybridized carbons (Fsp3) is 0.